The molecule has 26 heavy (non-hydrogen) atoms. The first-order chi connectivity index (χ1) is 12.6. The van der Waals surface area contributed by atoms with Crippen LogP contribution in [0.1, 0.15) is 23.2 Å². The SMILES string of the molecule is O=C(Oc1ccc2nc(N3CCCC3)sc2c1)c1ccc([N+](=O)[O-])cc1. The van der Waals surface area contributed by atoms with Crippen molar-refractivity contribution in [3.05, 3.63) is 58.1 Å². The lowest BCUT2D eigenvalue weighted by molar-refractivity contribution is -0.384. The van der Waals surface area contributed by atoms with E-state index in [4.69, 9.17) is 4.74 Å². The fourth-order valence-corrected chi connectivity index (χ4v) is 3.93. The van der Waals surface area contributed by atoms with E-state index in [1.807, 2.05) is 6.07 Å². The summed E-state index contributed by atoms with van der Waals surface area (Å²) < 4.78 is 6.36. The summed E-state index contributed by atoms with van der Waals surface area (Å²) in [6.07, 6.45) is 2.38. The maximum Gasteiger partial charge on any atom is 0.343 e. The molecular weight excluding hydrogens is 354 g/mol. The summed E-state index contributed by atoms with van der Waals surface area (Å²) in [5.74, 6) is -0.124. The second-order valence-corrected chi connectivity index (χ2v) is 7.02. The maximum atomic E-state index is 12.2. The molecule has 0 atom stereocenters. The van der Waals surface area contributed by atoms with Gasteiger partial charge in [-0.1, -0.05) is 11.3 Å². The summed E-state index contributed by atoms with van der Waals surface area (Å²) in [7, 11) is 0. The van der Waals surface area contributed by atoms with Crippen molar-refractivity contribution >= 4 is 38.3 Å². The van der Waals surface area contributed by atoms with Gasteiger partial charge in [-0.15, -0.1) is 0 Å². The molecule has 1 aliphatic heterocycles. The zero-order chi connectivity index (χ0) is 18.1. The number of benzene rings is 2. The van der Waals surface area contributed by atoms with Crippen molar-refractivity contribution in [1.29, 1.82) is 0 Å². The standard InChI is InChI=1S/C18H15N3O4S/c22-17(12-3-5-13(6-4-12)21(23)24)25-14-7-8-15-16(11-14)26-18(19-15)20-9-1-2-10-20/h3-8,11H,1-2,9-10H2. The number of esters is 1. The Balaban J connectivity index is 1.52. The van der Waals surface area contributed by atoms with E-state index >= 15 is 0 Å². The molecule has 0 aliphatic carbocycles. The molecule has 3 aromatic rings. The maximum absolute atomic E-state index is 12.2. The molecule has 0 N–H and O–H groups in total. The van der Waals surface area contributed by atoms with Crippen molar-refractivity contribution in [2.75, 3.05) is 18.0 Å². The topological polar surface area (TPSA) is 85.6 Å². The van der Waals surface area contributed by atoms with Crippen LogP contribution in [0.3, 0.4) is 0 Å². The van der Waals surface area contributed by atoms with Crippen LogP contribution in [-0.2, 0) is 0 Å². The van der Waals surface area contributed by atoms with E-state index in [9.17, 15) is 14.9 Å². The Morgan fingerprint density at radius 3 is 2.58 bits per heavy atom. The van der Waals surface area contributed by atoms with Crippen molar-refractivity contribution in [3.63, 3.8) is 0 Å². The van der Waals surface area contributed by atoms with Gasteiger partial charge in [-0.25, -0.2) is 9.78 Å². The molecule has 2 aromatic carbocycles. The van der Waals surface area contributed by atoms with Gasteiger partial charge in [-0.3, -0.25) is 10.1 Å². The van der Waals surface area contributed by atoms with Crippen molar-refractivity contribution in [2.45, 2.75) is 12.8 Å². The Bertz CT molecular complexity index is 978. The normalized spacial score (nSPS) is 13.9. The number of carbonyl (C=O) groups excluding carboxylic acids is 1. The van der Waals surface area contributed by atoms with Crippen LogP contribution < -0.4 is 9.64 Å². The zero-order valence-electron chi connectivity index (χ0n) is 13.8. The number of thiazole rings is 1. The predicted molar refractivity (Wildman–Crippen MR) is 99.1 cm³/mol. The molecular formula is C18H15N3O4S. The van der Waals surface area contributed by atoms with E-state index in [0.717, 1.165) is 28.4 Å². The molecule has 0 spiro atoms. The van der Waals surface area contributed by atoms with Gasteiger partial charge in [0.2, 0.25) is 0 Å². The van der Waals surface area contributed by atoms with Crippen LogP contribution >= 0.6 is 11.3 Å². The Morgan fingerprint density at radius 2 is 1.88 bits per heavy atom. The van der Waals surface area contributed by atoms with Gasteiger partial charge in [0.15, 0.2) is 5.13 Å². The summed E-state index contributed by atoms with van der Waals surface area (Å²) in [6, 6.07) is 10.7. The van der Waals surface area contributed by atoms with Gasteiger partial charge < -0.3 is 9.64 Å². The van der Waals surface area contributed by atoms with E-state index in [-0.39, 0.29) is 11.3 Å². The smallest absolute Gasteiger partial charge is 0.343 e. The van der Waals surface area contributed by atoms with Crippen LogP contribution in [0.2, 0.25) is 0 Å². The molecule has 1 aliphatic rings. The lowest BCUT2D eigenvalue weighted by Crippen LogP contribution is -2.16. The third-order valence-electron chi connectivity index (χ3n) is 4.25. The van der Waals surface area contributed by atoms with Gasteiger partial charge in [-0.2, -0.15) is 0 Å². The van der Waals surface area contributed by atoms with Gasteiger partial charge in [0, 0.05) is 31.3 Å². The number of nitro benzene ring substituents is 1. The average Bonchev–Trinajstić information content (AvgIpc) is 3.30. The quantitative estimate of drug-likeness (QED) is 0.299. The number of non-ortho nitro benzene ring substituents is 1. The molecule has 132 valence electrons. The molecule has 0 unspecified atom stereocenters. The number of hydrogen-bond acceptors (Lipinski definition) is 7. The highest BCUT2D eigenvalue weighted by Crippen LogP contribution is 2.33. The van der Waals surface area contributed by atoms with Crippen LogP contribution in [0.4, 0.5) is 10.8 Å². The van der Waals surface area contributed by atoms with Crippen molar-refractivity contribution in [1.82, 2.24) is 4.98 Å². The summed E-state index contributed by atoms with van der Waals surface area (Å²) in [5.41, 5.74) is 1.08. The molecule has 1 fully saturated rings. The molecule has 1 aromatic heterocycles. The molecule has 1 saturated heterocycles. The van der Waals surface area contributed by atoms with Crippen molar-refractivity contribution in [3.8, 4) is 5.75 Å². The largest absolute Gasteiger partial charge is 0.423 e. The van der Waals surface area contributed by atoms with Gasteiger partial charge in [0.1, 0.15) is 5.75 Å². The van der Waals surface area contributed by atoms with Crippen LogP contribution in [0.5, 0.6) is 5.75 Å². The molecule has 0 amide bonds. The summed E-state index contributed by atoms with van der Waals surface area (Å²) in [6.45, 7) is 2.06. The van der Waals surface area contributed by atoms with E-state index in [2.05, 4.69) is 9.88 Å². The lowest BCUT2D eigenvalue weighted by atomic mass is 10.2. The summed E-state index contributed by atoms with van der Waals surface area (Å²) in [5, 5.41) is 11.7. The second kappa shape index (κ2) is 6.72. The highest BCUT2D eigenvalue weighted by molar-refractivity contribution is 7.22. The number of nitro groups is 1. The number of fused-ring (bicyclic) bond motifs is 1. The van der Waals surface area contributed by atoms with Crippen molar-refractivity contribution in [2.24, 2.45) is 0 Å². The fourth-order valence-electron chi connectivity index (χ4n) is 2.89. The number of rotatable bonds is 4. The van der Waals surface area contributed by atoms with Crippen LogP contribution in [0.15, 0.2) is 42.5 Å². The summed E-state index contributed by atoms with van der Waals surface area (Å²) in [4.78, 5) is 29.3. The molecule has 8 heteroatoms. The van der Waals surface area contributed by atoms with Crippen molar-refractivity contribution < 1.29 is 14.5 Å². The van der Waals surface area contributed by atoms with E-state index in [1.165, 1.54) is 37.1 Å². The zero-order valence-corrected chi connectivity index (χ0v) is 14.6. The highest BCUT2D eigenvalue weighted by atomic mass is 32.1. The van der Waals surface area contributed by atoms with Crippen LogP contribution in [0.25, 0.3) is 10.2 Å². The van der Waals surface area contributed by atoms with Gasteiger partial charge in [-0.05, 0) is 37.1 Å². The molecule has 4 rings (SSSR count). The third kappa shape index (κ3) is 3.23. The Kier molecular flexibility index (Phi) is 4.26. The minimum atomic E-state index is -0.552. The number of aromatic nitrogens is 1. The highest BCUT2D eigenvalue weighted by Gasteiger charge is 2.17. The second-order valence-electron chi connectivity index (χ2n) is 6.01. The fraction of sp³-hybridized carbons (Fsp3) is 0.222. The van der Waals surface area contributed by atoms with E-state index in [1.54, 1.807) is 23.5 Å². The number of nitrogens with zero attached hydrogens (tertiary/aromatic N) is 3. The number of anilines is 1. The monoisotopic (exact) mass is 369 g/mol. The Morgan fingerprint density at radius 1 is 1.15 bits per heavy atom. The van der Waals surface area contributed by atoms with E-state index in [0.29, 0.717) is 5.75 Å². The first-order valence-corrected chi connectivity index (χ1v) is 9.04. The first-order valence-electron chi connectivity index (χ1n) is 8.22. The number of carbonyl (C=O) groups is 1. The van der Waals surface area contributed by atoms with Crippen LogP contribution in [-0.4, -0.2) is 29.0 Å². The average molecular weight is 369 g/mol. The lowest BCUT2D eigenvalue weighted by Gasteiger charge is -2.11. The number of hydrogen-bond donors (Lipinski definition) is 0. The first kappa shape index (κ1) is 16.5. The van der Waals surface area contributed by atoms with Crippen LogP contribution in [0, 0.1) is 10.1 Å². The summed E-state index contributed by atoms with van der Waals surface area (Å²) >= 11 is 1.59. The molecule has 0 saturated carbocycles. The molecule has 7 nitrogen and oxygen atoms in total. The third-order valence-corrected chi connectivity index (χ3v) is 5.33. The minimum Gasteiger partial charge on any atom is -0.423 e. The van der Waals surface area contributed by atoms with Gasteiger partial charge >= 0.3 is 5.97 Å². The predicted octanol–water partition coefficient (Wildman–Crippen LogP) is 4.02. The molecule has 0 radical (unpaired) electrons. The number of ether oxygens (including phenoxy) is 1. The van der Waals surface area contributed by atoms with Gasteiger partial charge in [0.25, 0.3) is 5.69 Å². The Labute approximate surface area is 153 Å². The van der Waals surface area contributed by atoms with Gasteiger partial charge in [0.05, 0.1) is 20.7 Å². The minimum absolute atomic E-state index is 0.0675. The molecule has 0 bridgehead atoms. The molecule has 2 heterocycles. The van der Waals surface area contributed by atoms with E-state index < -0.39 is 10.9 Å². The Hall–Kier alpha value is -3.00.